The number of ketones is 1. The molecule has 3 heteroatoms. The van der Waals surface area contributed by atoms with Gasteiger partial charge in [-0.15, -0.1) is 11.3 Å². The maximum atomic E-state index is 11.6. The summed E-state index contributed by atoms with van der Waals surface area (Å²) in [4.78, 5) is 15.8. The average molecular weight is 313 g/mol. The summed E-state index contributed by atoms with van der Waals surface area (Å²) in [6, 6.07) is 11.1. The van der Waals surface area contributed by atoms with Gasteiger partial charge in [0.05, 0.1) is 5.54 Å². The van der Waals surface area contributed by atoms with Gasteiger partial charge >= 0.3 is 0 Å². The molecule has 0 amide bonds. The maximum Gasteiger partial charge on any atom is 0.135 e. The third kappa shape index (κ3) is 2.40. The minimum Gasteiger partial charge on any atom is -0.300 e. The summed E-state index contributed by atoms with van der Waals surface area (Å²) in [5.74, 6) is 0.443. The largest absolute Gasteiger partial charge is 0.300 e. The van der Waals surface area contributed by atoms with E-state index in [4.69, 9.17) is 0 Å². The maximum absolute atomic E-state index is 11.6. The lowest BCUT2D eigenvalue weighted by Gasteiger charge is -2.47. The molecule has 116 valence electrons. The molecule has 0 radical (unpaired) electrons. The van der Waals surface area contributed by atoms with E-state index in [2.05, 4.69) is 35.2 Å². The predicted molar refractivity (Wildman–Crippen MR) is 92.4 cm³/mol. The number of benzene rings is 1. The van der Waals surface area contributed by atoms with Gasteiger partial charge in [0.2, 0.25) is 0 Å². The van der Waals surface area contributed by atoms with Gasteiger partial charge in [-0.25, -0.2) is 0 Å². The highest BCUT2D eigenvalue weighted by Crippen LogP contribution is 2.47. The number of piperidine rings is 1. The lowest BCUT2D eigenvalue weighted by atomic mass is 9.78. The monoisotopic (exact) mass is 313 g/mol. The van der Waals surface area contributed by atoms with Gasteiger partial charge in [0, 0.05) is 35.5 Å². The van der Waals surface area contributed by atoms with E-state index in [1.807, 2.05) is 11.3 Å². The zero-order chi connectivity index (χ0) is 15.0. The summed E-state index contributed by atoms with van der Waals surface area (Å²) in [6.45, 7) is 1.90. The van der Waals surface area contributed by atoms with Crippen molar-refractivity contribution in [2.45, 2.75) is 50.5 Å². The van der Waals surface area contributed by atoms with Crippen LogP contribution in [-0.2, 0) is 10.3 Å². The standard InChI is InChI=1S/C19H23NOS/c21-16-8-12-20(13-9-16)19(10-4-1-5-11-19)18-14-15-6-2-3-7-17(15)22-18/h2-3,6-7,14H,1,4-5,8-13H2. The number of carbonyl (C=O) groups is 1. The molecule has 1 saturated carbocycles. The molecular weight excluding hydrogens is 290 g/mol. The molecule has 2 fully saturated rings. The van der Waals surface area contributed by atoms with Crippen LogP contribution in [0.15, 0.2) is 30.3 Å². The number of hydrogen-bond donors (Lipinski definition) is 0. The summed E-state index contributed by atoms with van der Waals surface area (Å²) in [7, 11) is 0. The molecule has 0 atom stereocenters. The number of thiophene rings is 1. The Bertz CT molecular complexity index is 641. The van der Waals surface area contributed by atoms with E-state index in [-0.39, 0.29) is 5.54 Å². The van der Waals surface area contributed by atoms with Crippen molar-refractivity contribution in [1.82, 2.24) is 4.90 Å². The third-order valence-corrected chi connectivity index (χ3v) is 6.80. The van der Waals surface area contributed by atoms with Crippen molar-refractivity contribution < 1.29 is 4.79 Å². The van der Waals surface area contributed by atoms with E-state index in [0.717, 1.165) is 25.9 Å². The van der Waals surface area contributed by atoms with E-state index >= 15 is 0 Å². The SMILES string of the molecule is O=C1CCN(C2(c3cc4ccccc4s3)CCCCC2)CC1. The lowest BCUT2D eigenvalue weighted by Crippen LogP contribution is -2.50. The van der Waals surface area contributed by atoms with Gasteiger partial charge in [-0.3, -0.25) is 9.69 Å². The molecule has 1 saturated heterocycles. The molecule has 1 aromatic carbocycles. The van der Waals surface area contributed by atoms with Crippen molar-refractivity contribution in [2.75, 3.05) is 13.1 Å². The van der Waals surface area contributed by atoms with Gasteiger partial charge in [-0.05, 0) is 30.4 Å². The molecule has 1 aliphatic heterocycles. The highest BCUT2D eigenvalue weighted by molar-refractivity contribution is 7.19. The van der Waals surface area contributed by atoms with Crippen LogP contribution in [0.2, 0.25) is 0 Å². The zero-order valence-corrected chi connectivity index (χ0v) is 13.8. The Morgan fingerprint density at radius 2 is 1.73 bits per heavy atom. The highest BCUT2D eigenvalue weighted by atomic mass is 32.1. The van der Waals surface area contributed by atoms with Crippen LogP contribution in [0.3, 0.4) is 0 Å². The van der Waals surface area contributed by atoms with Gasteiger partial charge in [0.15, 0.2) is 0 Å². The Kier molecular flexibility index (Phi) is 3.79. The number of nitrogens with zero attached hydrogens (tertiary/aromatic N) is 1. The first-order valence-electron chi connectivity index (χ1n) is 8.54. The third-order valence-electron chi connectivity index (χ3n) is 5.49. The van der Waals surface area contributed by atoms with Gasteiger partial charge < -0.3 is 0 Å². The number of hydrogen-bond acceptors (Lipinski definition) is 3. The fourth-order valence-corrected chi connectivity index (χ4v) is 5.59. The molecule has 4 rings (SSSR count). The molecule has 2 heterocycles. The van der Waals surface area contributed by atoms with Crippen molar-refractivity contribution >= 4 is 27.2 Å². The van der Waals surface area contributed by atoms with Gasteiger partial charge in [-0.1, -0.05) is 37.5 Å². The fraction of sp³-hybridized carbons (Fsp3) is 0.526. The summed E-state index contributed by atoms with van der Waals surface area (Å²) >= 11 is 1.97. The van der Waals surface area contributed by atoms with Crippen LogP contribution in [0.5, 0.6) is 0 Å². The van der Waals surface area contributed by atoms with Crippen LogP contribution in [-0.4, -0.2) is 23.8 Å². The molecule has 22 heavy (non-hydrogen) atoms. The Morgan fingerprint density at radius 3 is 2.45 bits per heavy atom. The summed E-state index contributed by atoms with van der Waals surface area (Å²) < 4.78 is 1.40. The van der Waals surface area contributed by atoms with Crippen molar-refractivity contribution in [3.63, 3.8) is 0 Å². The first-order valence-corrected chi connectivity index (χ1v) is 9.35. The highest BCUT2D eigenvalue weighted by Gasteiger charge is 2.41. The van der Waals surface area contributed by atoms with Crippen molar-refractivity contribution in [2.24, 2.45) is 0 Å². The van der Waals surface area contributed by atoms with Gasteiger partial charge in [0.1, 0.15) is 5.78 Å². The second kappa shape index (κ2) is 5.78. The van der Waals surface area contributed by atoms with Crippen molar-refractivity contribution in [3.8, 4) is 0 Å². The topological polar surface area (TPSA) is 20.3 Å². The first kappa shape index (κ1) is 14.4. The Balaban J connectivity index is 1.74. The van der Waals surface area contributed by atoms with Crippen LogP contribution in [0, 0.1) is 0 Å². The second-order valence-electron chi connectivity index (χ2n) is 6.77. The van der Waals surface area contributed by atoms with E-state index in [0.29, 0.717) is 5.78 Å². The summed E-state index contributed by atoms with van der Waals surface area (Å²) in [6.07, 6.45) is 8.00. The Hall–Kier alpha value is -1.19. The quantitative estimate of drug-likeness (QED) is 0.799. The predicted octanol–water partition coefficient (Wildman–Crippen LogP) is 4.73. The molecule has 2 aromatic rings. The van der Waals surface area contributed by atoms with E-state index in [9.17, 15) is 4.79 Å². The summed E-state index contributed by atoms with van der Waals surface area (Å²) in [5.41, 5.74) is 0.197. The number of rotatable bonds is 2. The van der Waals surface area contributed by atoms with Gasteiger partial charge in [0.25, 0.3) is 0 Å². The molecule has 1 aliphatic carbocycles. The molecule has 0 unspecified atom stereocenters. The van der Waals surface area contributed by atoms with Gasteiger partial charge in [-0.2, -0.15) is 0 Å². The molecule has 1 aromatic heterocycles. The number of fused-ring (bicyclic) bond motifs is 1. The Morgan fingerprint density at radius 1 is 1.00 bits per heavy atom. The molecule has 0 spiro atoms. The van der Waals surface area contributed by atoms with Crippen LogP contribution < -0.4 is 0 Å². The van der Waals surface area contributed by atoms with Crippen molar-refractivity contribution in [3.05, 3.63) is 35.2 Å². The van der Waals surface area contributed by atoms with Crippen LogP contribution in [0.1, 0.15) is 49.8 Å². The minimum atomic E-state index is 0.197. The normalized spacial score (nSPS) is 23.0. The molecule has 2 nitrogen and oxygen atoms in total. The molecule has 0 N–H and O–H groups in total. The van der Waals surface area contributed by atoms with Crippen LogP contribution in [0.4, 0.5) is 0 Å². The zero-order valence-electron chi connectivity index (χ0n) is 13.0. The van der Waals surface area contributed by atoms with E-state index in [1.165, 1.54) is 47.1 Å². The fourth-order valence-electron chi connectivity index (χ4n) is 4.25. The molecular formula is C19H23NOS. The molecule has 0 bridgehead atoms. The second-order valence-corrected chi connectivity index (χ2v) is 7.85. The number of carbonyl (C=O) groups excluding carboxylic acids is 1. The van der Waals surface area contributed by atoms with Crippen molar-refractivity contribution in [1.29, 1.82) is 0 Å². The minimum absolute atomic E-state index is 0.197. The smallest absolute Gasteiger partial charge is 0.135 e. The molecule has 2 aliphatic rings. The first-order chi connectivity index (χ1) is 10.8. The van der Waals surface area contributed by atoms with Crippen LogP contribution in [0.25, 0.3) is 10.1 Å². The summed E-state index contributed by atoms with van der Waals surface area (Å²) in [5, 5.41) is 1.38. The number of Topliss-reactive ketones (excluding diaryl/α,β-unsaturated/α-hetero) is 1. The van der Waals surface area contributed by atoms with E-state index < -0.39 is 0 Å². The van der Waals surface area contributed by atoms with E-state index in [1.54, 1.807) is 0 Å². The Labute approximate surface area is 136 Å². The van der Waals surface area contributed by atoms with Crippen LogP contribution >= 0.6 is 11.3 Å². The number of likely N-dealkylation sites (tertiary alicyclic amines) is 1. The lowest BCUT2D eigenvalue weighted by molar-refractivity contribution is -0.123. The average Bonchev–Trinajstić information content (AvgIpc) is 3.01.